The van der Waals surface area contributed by atoms with E-state index in [1.54, 1.807) is 6.33 Å². The summed E-state index contributed by atoms with van der Waals surface area (Å²) in [6.45, 7) is 5.88. The van der Waals surface area contributed by atoms with Crippen LogP contribution in [0.1, 0.15) is 27.3 Å². The first-order valence-corrected chi connectivity index (χ1v) is 9.71. The van der Waals surface area contributed by atoms with Gasteiger partial charge in [0.25, 0.3) is 0 Å². The predicted octanol–water partition coefficient (Wildman–Crippen LogP) is 3.08. The third kappa shape index (κ3) is 3.24. The highest BCUT2D eigenvalue weighted by Crippen LogP contribution is 2.24. The Morgan fingerprint density at radius 2 is 2.04 bits per heavy atom. The van der Waals surface area contributed by atoms with Crippen molar-refractivity contribution >= 4 is 17.5 Å². The quantitative estimate of drug-likeness (QED) is 0.400. The lowest BCUT2D eigenvalue weighted by atomic mass is 10.2. The van der Waals surface area contributed by atoms with E-state index in [4.69, 9.17) is 0 Å². The summed E-state index contributed by atoms with van der Waals surface area (Å²) in [6.07, 6.45) is 3.12. The minimum absolute atomic E-state index is 0.0307. The number of ketones is 1. The lowest BCUT2D eigenvalue weighted by Crippen LogP contribution is -2.07. The monoisotopic (exact) mass is 393 g/mol. The van der Waals surface area contributed by atoms with Gasteiger partial charge in [0.1, 0.15) is 12.7 Å². The molecule has 0 aliphatic carbocycles. The van der Waals surface area contributed by atoms with Gasteiger partial charge in [-0.2, -0.15) is 10.1 Å². The number of aromatic amines is 1. The Hall–Kier alpha value is -3.20. The molecule has 0 atom stereocenters. The van der Waals surface area contributed by atoms with Crippen molar-refractivity contribution < 1.29 is 4.79 Å². The number of carbonyl (C=O) groups is 1. The second kappa shape index (κ2) is 7.43. The third-order valence-electron chi connectivity index (χ3n) is 4.57. The molecule has 9 heteroatoms. The van der Waals surface area contributed by atoms with E-state index in [9.17, 15) is 4.79 Å². The number of aryl methyl sites for hydroxylation is 2. The second-order valence-electron chi connectivity index (χ2n) is 6.41. The van der Waals surface area contributed by atoms with E-state index in [1.807, 2.05) is 60.2 Å². The molecule has 0 saturated carbocycles. The molecule has 0 fully saturated rings. The number of nitrogens with zero attached hydrogens (tertiary/aromatic N) is 6. The lowest BCUT2D eigenvalue weighted by Gasteiger charge is -2.09. The Kier molecular flexibility index (Phi) is 4.82. The smallest absolute Gasteiger partial charge is 0.229 e. The Morgan fingerprint density at radius 3 is 2.79 bits per heavy atom. The minimum Gasteiger partial charge on any atom is -0.293 e. The van der Waals surface area contributed by atoms with Gasteiger partial charge in [-0.05, 0) is 38.5 Å². The normalized spacial score (nSPS) is 11.1. The molecule has 0 spiro atoms. The average molecular weight is 393 g/mol. The number of carbonyl (C=O) groups excluding carboxylic acids is 1. The zero-order valence-corrected chi connectivity index (χ0v) is 16.6. The van der Waals surface area contributed by atoms with Crippen molar-refractivity contribution in [1.82, 2.24) is 34.5 Å². The SMILES string of the molecule is Cc1ccccc1-n1cnnc1SCC(=O)c1cc(C)n(-c2ncn[nH]2)c1C. The van der Waals surface area contributed by atoms with Crippen LogP contribution in [0.3, 0.4) is 0 Å². The maximum Gasteiger partial charge on any atom is 0.229 e. The molecule has 8 nitrogen and oxygen atoms in total. The Labute approximate surface area is 166 Å². The topological polar surface area (TPSA) is 94.3 Å². The zero-order chi connectivity index (χ0) is 19.7. The van der Waals surface area contributed by atoms with Crippen molar-refractivity contribution in [2.75, 3.05) is 5.75 Å². The first kappa shape index (κ1) is 18.2. The molecule has 0 amide bonds. The molecule has 4 aromatic rings. The van der Waals surface area contributed by atoms with Crippen LogP contribution >= 0.6 is 11.8 Å². The summed E-state index contributed by atoms with van der Waals surface area (Å²) < 4.78 is 3.80. The van der Waals surface area contributed by atoms with Crippen LogP contribution in [0.15, 0.2) is 48.1 Å². The van der Waals surface area contributed by atoms with Gasteiger partial charge in [0.15, 0.2) is 10.9 Å². The molecule has 1 N–H and O–H groups in total. The van der Waals surface area contributed by atoms with Gasteiger partial charge < -0.3 is 0 Å². The third-order valence-corrected chi connectivity index (χ3v) is 5.51. The summed E-state index contributed by atoms with van der Waals surface area (Å²) in [6, 6.07) is 9.89. The molecule has 0 radical (unpaired) electrons. The van der Waals surface area contributed by atoms with E-state index in [2.05, 4.69) is 25.4 Å². The van der Waals surface area contributed by atoms with E-state index >= 15 is 0 Å². The van der Waals surface area contributed by atoms with Crippen molar-refractivity contribution in [3.63, 3.8) is 0 Å². The molecule has 142 valence electrons. The Morgan fingerprint density at radius 1 is 1.21 bits per heavy atom. The summed E-state index contributed by atoms with van der Waals surface area (Å²) in [5.74, 6) is 0.898. The van der Waals surface area contributed by atoms with Crippen molar-refractivity contribution in [3.05, 3.63) is 65.5 Å². The average Bonchev–Trinajstić information content (AvgIpc) is 3.41. The predicted molar refractivity (Wildman–Crippen MR) is 106 cm³/mol. The van der Waals surface area contributed by atoms with Gasteiger partial charge in [0.2, 0.25) is 5.95 Å². The van der Waals surface area contributed by atoms with E-state index in [-0.39, 0.29) is 11.5 Å². The van der Waals surface area contributed by atoms with Crippen molar-refractivity contribution in [2.24, 2.45) is 0 Å². The number of rotatable bonds is 6. The van der Waals surface area contributed by atoms with E-state index < -0.39 is 0 Å². The number of aromatic nitrogens is 7. The van der Waals surface area contributed by atoms with Gasteiger partial charge in [-0.25, -0.2) is 5.10 Å². The van der Waals surface area contributed by atoms with Gasteiger partial charge in [0, 0.05) is 17.0 Å². The first-order valence-electron chi connectivity index (χ1n) is 8.73. The van der Waals surface area contributed by atoms with Crippen molar-refractivity contribution in [2.45, 2.75) is 25.9 Å². The summed E-state index contributed by atoms with van der Waals surface area (Å²) >= 11 is 1.38. The molecular weight excluding hydrogens is 374 g/mol. The first-order chi connectivity index (χ1) is 13.6. The largest absolute Gasteiger partial charge is 0.293 e. The fraction of sp³-hybridized carbons (Fsp3) is 0.211. The maximum atomic E-state index is 12.9. The van der Waals surface area contributed by atoms with Crippen LogP contribution in [-0.4, -0.2) is 46.0 Å². The van der Waals surface area contributed by atoms with E-state index in [0.29, 0.717) is 16.7 Å². The number of benzene rings is 1. The minimum atomic E-state index is 0.0307. The Bertz CT molecular complexity index is 1130. The number of Topliss-reactive ketones (excluding diaryl/α,β-unsaturated/α-hetero) is 1. The zero-order valence-electron chi connectivity index (χ0n) is 15.7. The highest BCUT2D eigenvalue weighted by Gasteiger charge is 2.19. The summed E-state index contributed by atoms with van der Waals surface area (Å²) in [5, 5.41) is 15.6. The van der Waals surface area contributed by atoms with Crippen LogP contribution in [0.25, 0.3) is 11.6 Å². The highest BCUT2D eigenvalue weighted by molar-refractivity contribution is 7.99. The number of nitrogens with one attached hydrogen (secondary N) is 1. The fourth-order valence-corrected chi connectivity index (χ4v) is 4.01. The van der Waals surface area contributed by atoms with Gasteiger partial charge in [-0.3, -0.25) is 13.9 Å². The van der Waals surface area contributed by atoms with Gasteiger partial charge >= 0.3 is 0 Å². The molecule has 0 aliphatic heterocycles. The fourth-order valence-electron chi connectivity index (χ4n) is 3.21. The standard InChI is InChI=1S/C19H19N7OS/c1-12-6-4-5-7-16(12)25-11-22-24-19(25)28-9-17(27)15-8-13(2)26(14(15)3)18-20-10-21-23-18/h4-8,10-11H,9H2,1-3H3,(H,20,21,23). The number of thioether (sulfide) groups is 1. The highest BCUT2D eigenvalue weighted by atomic mass is 32.2. The summed E-state index contributed by atoms with van der Waals surface area (Å²) in [5.41, 5.74) is 4.55. The lowest BCUT2D eigenvalue weighted by molar-refractivity contribution is 0.102. The van der Waals surface area contributed by atoms with Crippen LogP contribution in [0.5, 0.6) is 0 Å². The van der Waals surface area contributed by atoms with Gasteiger partial charge in [0.05, 0.1) is 11.4 Å². The molecule has 0 aliphatic rings. The molecule has 4 rings (SSSR count). The molecule has 3 heterocycles. The van der Waals surface area contributed by atoms with Crippen molar-refractivity contribution in [1.29, 1.82) is 0 Å². The maximum absolute atomic E-state index is 12.9. The van der Waals surface area contributed by atoms with Crippen LogP contribution < -0.4 is 0 Å². The molecular formula is C19H19N7OS. The number of hydrogen-bond acceptors (Lipinski definition) is 6. The van der Waals surface area contributed by atoms with Gasteiger partial charge in [-0.1, -0.05) is 30.0 Å². The van der Waals surface area contributed by atoms with E-state index in [0.717, 1.165) is 22.6 Å². The van der Waals surface area contributed by atoms with Crippen LogP contribution in [0.4, 0.5) is 0 Å². The molecule has 0 unspecified atom stereocenters. The summed E-state index contributed by atoms with van der Waals surface area (Å²) in [7, 11) is 0. The molecule has 28 heavy (non-hydrogen) atoms. The number of hydrogen-bond donors (Lipinski definition) is 1. The van der Waals surface area contributed by atoms with Crippen LogP contribution in [0, 0.1) is 20.8 Å². The number of H-pyrrole nitrogens is 1. The van der Waals surface area contributed by atoms with Crippen LogP contribution in [-0.2, 0) is 0 Å². The van der Waals surface area contributed by atoms with Crippen molar-refractivity contribution in [3.8, 4) is 11.6 Å². The number of para-hydroxylation sites is 1. The molecule has 3 aromatic heterocycles. The molecule has 0 bridgehead atoms. The second-order valence-corrected chi connectivity index (χ2v) is 7.35. The molecule has 1 aromatic carbocycles. The van der Waals surface area contributed by atoms with E-state index in [1.165, 1.54) is 18.1 Å². The Balaban J connectivity index is 1.55. The summed E-state index contributed by atoms with van der Waals surface area (Å²) in [4.78, 5) is 17.1. The van der Waals surface area contributed by atoms with Gasteiger partial charge in [-0.15, -0.1) is 10.2 Å². The van der Waals surface area contributed by atoms with Crippen LogP contribution in [0.2, 0.25) is 0 Å². The molecule has 0 saturated heterocycles.